The average molecular weight is 670 g/mol. The molecule has 7 heterocycles. The van der Waals surface area contributed by atoms with Crippen molar-refractivity contribution < 1.29 is 36.5 Å². The molecule has 3 saturated heterocycles. The van der Waals surface area contributed by atoms with E-state index in [0.717, 1.165) is 0 Å². The Kier molecular flexibility index (Phi) is 7.02. The van der Waals surface area contributed by atoms with Crippen LogP contribution in [0.4, 0.5) is 11.8 Å². The van der Waals surface area contributed by atoms with Gasteiger partial charge in [0.1, 0.15) is 24.1 Å². The molecule has 7 rings (SSSR count). The lowest BCUT2D eigenvalue weighted by Gasteiger charge is -2.24. The van der Waals surface area contributed by atoms with Gasteiger partial charge in [0, 0.05) is 6.54 Å². The monoisotopic (exact) mass is 669 g/mol. The van der Waals surface area contributed by atoms with Crippen LogP contribution in [-0.4, -0.2) is 115 Å². The van der Waals surface area contributed by atoms with Crippen molar-refractivity contribution in [3.63, 3.8) is 0 Å². The van der Waals surface area contributed by atoms with E-state index >= 15 is 0 Å². The number of aliphatic hydroxyl groups is 2. The molecule has 0 aromatic carbocycles. The smallest absolute Gasteiger partial charge is 0.280 e. The highest BCUT2D eigenvalue weighted by Crippen LogP contribution is 2.35. The first-order valence-corrected chi connectivity index (χ1v) is 16.5. The quantitative estimate of drug-likeness (QED) is 0.0991. The first-order chi connectivity index (χ1) is 21.3. The second-order valence-electron chi connectivity index (χ2n) is 10.7. The number of ether oxygens (including phenoxy) is 2. The summed E-state index contributed by atoms with van der Waals surface area (Å²) in [6.07, 6.45) is -4.71. The Bertz CT molecular complexity index is 2070. The van der Waals surface area contributed by atoms with Gasteiger partial charge in [-0.3, -0.25) is 18.9 Å². The minimum Gasteiger partial charge on any atom is -0.389 e. The molecular formula is C21H27N13O9S2. The summed E-state index contributed by atoms with van der Waals surface area (Å²) in [5.74, 6) is -0.753. The van der Waals surface area contributed by atoms with Gasteiger partial charge in [0.2, 0.25) is 16.0 Å². The second-order valence-corrected chi connectivity index (χ2v) is 14.1. The van der Waals surface area contributed by atoms with E-state index in [4.69, 9.17) is 20.9 Å². The number of anilines is 2. The van der Waals surface area contributed by atoms with E-state index in [1.807, 2.05) is 0 Å². The SMILES string of the molecule is Nc1nc2c(ncn2[C@@H]2O[C@@H]3CCS(=O)(=O)NC4[C@@H](CNS(=O)(=O)N[C@H]2C3O)O[C@@H](n2cnc3c(N)ncnc32)[C@H]4O)c(=O)[nH]1. The predicted octanol–water partition coefficient (Wildman–Crippen LogP) is -4.88. The molecule has 2 bridgehead atoms. The van der Waals surface area contributed by atoms with Crippen LogP contribution in [0.15, 0.2) is 23.8 Å². The van der Waals surface area contributed by atoms with E-state index in [1.165, 1.54) is 28.1 Å². The van der Waals surface area contributed by atoms with Crippen molar-refractivity contribution in [1.82, 2.24) is 53.2 Å². The number of nitrogens with two attached hydrogens (primary N) is 2. The van der Waals surface area contributed by atoms with Gasteiger partial charge in [-0.05, 0) is 6.42 Å². The van der Waals surface area contributed by atoms with Crippen molar-refractivity contribution in [3.8, 4) is 0 Å². The Labute approximate surface area is 252 Å². The molecule has 24 heteroatoms. The maximum absolute atomic E-state index is 13.3. The van der Waals surface area contributed by atoms with Crippen LogP contribution in [0.3, 0.4) is 0 Å². The third kappa shape index (κ3) is 5.18. The highest BCUT2D eigenvalue weighted by Gasteiger charge is 2.50. The highest BCUT2D eigenvalue weighted by atomic mass is 32.2. The number of imidazole rings is 2. The lowest BCUT2D eigenvalue weighted by Crippen LogP contribution is -2.53. The summed E-state index contributed by atoms with van der Waals surface area (Å²) >= 11 is 0. The summed E-state index contributed by atoms with van der Waals surface area (Å²) in [7, 11) is -8.65. The number of H-pyrrole nitrogens is 1. The normalized spacial score (nSPS) is 33.4. The number of aliphatic hydroxyl groups excluding tert-OH is 2. The van der Waals surface area contributed by atoms with Crippen LogP contribution < -0.4 is 31.2 Å². The molecule has 2 unspecified atom stereocenters. The maximum atomic E-state index is 13.3. The zero-order valence-electron chi connectivity index (χ0n) is 22.8. The topological polar surface area (TPSA) is 322 Å². The molecule has 0 amide bonds. The number of hydrogen-bond acceptors (Lipinski definition) is 16. The fourth-order valence-electron chi connectivity index (χ4n) is 5.78. The third-order valence-electron chi connectivity index (χ3n) is 7.88. The van der Waals surface area contributed by atoms with Crippen LogP contribution in [0.5, 0.6) is 0 Å². The lowest BCUT2D eigenvalue weighted by atomic mass is 10.1. The van der Waals surface area contributed by atoms with Crippen LogP contribution in [0.1, 0.15) is 18.9 Å². The van der Waals surface area contributed by atoms with Crippen molar-refractivity contribution in [3.05, 3.63) is 29.3 Å². The molecule has 0 radical (unpaired) electrons. The first kappa shape index (κ1) is 29.8. The summed E-state index contributed by atoms with van der Waals surface area (Å²) in [5.41, 5.74) is 11.1. The molecule has 3 aliphatic heterocycles. The number of fused-ring (bicyclic) bond motifs is 5. The van der Waals surface area contributed by atoms with Gasteiger partial charge in [-0.2, -0.15) is 22.8 Å². The van der Waals surface area contributed by atoms with Crippen molar-refractivity contribution in [2.24, 2.45) is 0 Å². The van der Waals surface area contributed by atoms with Gasteiger partial charge in [-0.25, -0.2) is 33.1 Å². The van der Waals surface area contributed by atoms with Crippen LogP contribution in [0.25, 0.3) is 22.3 Å². The van der Waals surface area contributed by atoms with E-state index in [9.17, 15) is 31.8 Å². The standard InChI is InChI=1S/C21H27N13O9S2/c22-15-11-16(25-4-24-15)33(5-26-11)20-14(36)9-8(43-20)3-28-45(40,41)32-10-13(35)7(1-2-44(38,39)31-9)42-19(10)34-6-27-12-17(34)29-21(23)30-18(12)37/h4-10,13-14,19-20,28,31-32,35-36H,1-3H2,(H2,22,24,25)(H3,23,29,30,37)/t7-,8-,9?,10+,13?,14+,19-,20-/m1/s1. The van der Waals surface area contributed by atoms with Crippen LogP contribution in [-0.2, 0) is 29.7 Å². The predicted molar refractivity (Wildman–Crippen MR) is 151 cm³/mol. The number of nitrogen functional groups attached to an aromatic ring is 2. The molecule has 0 saturated carbocycles. The van der Waals surface area contributed by atoms with Gasteiger partial charge in [0.15, 0.2) is 35.1 Å². The van der Waals surface area contributed by atoms with E-state index in [-0.39, 0.29) is 40.5 Å². The summed E-state index contributed by atoms with van der Waals surface area (Å²) in [5, 5.41) is 22.4. The van der Waals surface area contributed by atoms with Crippen LogP contribution >= 0.6 is 0 Å². The molecule has 45 heavy (non-hydrogen) atoms. The number of aromatic nitrogens is 8. The highest BCUT2D eigenvalue weighted by molar-refractivity contribution is 7.89. The molecule has 242 valence electrons. The van der Waals surface area contributed by atoms with Gasteiger partial charge in [-0.15, -0.1) is 0 Å². The van der Waals surface area contributed by atoms with Crippen molar-refractivity contribution in [2.45, 2.75) is 55.4 Å². The van der Waals surface area contributed by atoms with Crippen molar-refractivity contribution in [2.75, 3.05) is 23.8 Å². The van der Waals surface area contributed by atoms with Crippen LogP contribution in [0, 0.1) is 0 Å². The average Bonchev–Trinajstić information content (AvgIpc) is 3.72. The number of sulfonamides is 1. The Morgan fingerprint density at radius 2 is 1.58 bits per heavy atom. The Hall–Kier alpha value is -3.88. The molecule has 0 spiro atoms. The maximum Gasteiger partial charge on any atom is 0.280 e. The summed E-state index contributed by atoms with van der Waals surface area (Å²) in [6.45, 7) is -0.515. The number of aromatic amines is 1. The lowest BCUT2D eigenvalue weighted by molar-refractivity contribution is -0.0330. The second kappa shape index (κ2) is 10.6. The summed E-state index contributed by atoms with van der Waals surface area (Å²) in [4.78, 5) is 34.8. The molecule has 8 atom stereocenters. The van der Waals surface area contributed by atoms with E-state index in [0.29, 0.717) is 0 Å². The minimum atomic E-state index is -4.46. The Morgan fingerprint density at radius 1 is 0.867 bits per heavy atom. The fourth-order valence-corrected chi connectivity index (χ4v) is 8.23. The van der Waals surface area contributed by atoms with Gasteiger partial charge in [0.25, 0.3) is 15.8 Å². The van der Waals surface area contributed by atoms with Crippen LogP contribution in [0.2, 0.25) is 0 Å². The Balaban J connectivity index is 1.21. The van der Waals surface area contributed by atoms with Crippen molar-refractivity contribution >= 4 is 54.3 Å². The number of nitrogens with zero attached hydrogens (tertiary/aromatic N) is 7. The largest absolute Gasteiger partial charge is 0.389 e. The van der Waals surface area contributed by atoms with E-state index in [1.54, 1.807) is 0 Å². The van der Waals surface area contributed by atoms with Gasteiger partial charge < -0.3 is 31.2 Å². The minimum absolute atomic E-state index is 0.0528. The zero-order chi connectivity index (χ0) is 31.8. The molecule has 22 nitrogen and oxygen atoms in total. The molecule has 4 aromatic heterocycles. The zero-order valence-corrected chi connectivity index (χ0v) is 24.5. The van der Waals surface area contributed by atoms with Gasteiger partial charge in [-0.1, -0.05) is 0 Å². The first-order valence-electron chi connectivity index (χ1n) is 13.4. The van der Waals surface area contributed by atoms with Gasteiger partial charge >= 0.3 is 0 Å². The third-order valence-corrected chi connectivity index (χ3v) is 10.4. The summed E-state index contributed by atoms with van der Waals surface area (Å²) in [6, 6.07) is -2.72. The summed E-state index contributed by atoms with van der Waals surface area (Å²) < 4.78 is 74.7. The number of rotatable bonds is 2. The number of nitrogens with one attached hydrogen (secondary N) is 4. The van der Waals surface area contributed by atoms with E-state index in [2.05, 4.69) is 44.1 Å². The van der Waals surface area contributed by atoms with Gasteiger partial charge in [0.05, 0.1) is 42.7 Å². The molecular weight excluding hydrogens is 642 g/mol. The molecule has 4 aromatic rings. The Morgan fingerprint density at radius 3 is 2.36 bits per heavy atom. The number of hydrogen-bond donors (Lipinski definition) is 8. The molecule has 3 aliphatic rings. The fraction of sp³-hybridized carbons (Fsp3) is 0.524. The molecule has 3 fully saturated rings. The molecule has 10 N–H and O–H groups in total. The van der Waals surface area contributed by atoms with E-state index < -0.39 is 87.0 Å². The van der Waals surface area contributed by atoms with Crippen molar-refractivity contribution in [1.29, 1.82) is 0 Å². The molecule has 0 aliphatic carbocycles.